The van der Waals surface area contributed by atoms with Crippen LogP contribution in [0.1, 0.15) is 21.5 Å². The number of pyridine rings is 1. The molecule has 2 aromatic carbocycles. The van der Waals surface area contributed by atoms with E-state index in [0.717, 1.165) is 18.2 Å². The van der Waals surface area contributed by atoms with Crippen LogP contribution in [0, 0.1) is 5.82 Å². The van der Waals surface area contributed by atoms with E-state index in [1.165, 1.54) is 41.2 Å². The number of hydrogen-bond donors (Lipinski definition) is 0. The van der Waals surface area contributed by atoms with E-state index in [1.54, 1.807) is 7.05 Å². The molecule has 0 aliphatic carbocycles. The fraction of sp³-hybridized carbons (Fsp3) is 0.100. The fourth-order valence-corrected chi connectivity index (χ4v) is 2.72. The van der Waals surface area contributed by atoms with Crippen LogP contribution in [0.2, 0.25) is 0 Å². The molecule has 0 radical (unpaired) electrons. The van der Waals surface area contributed by atoms with Gasteiger partial charge in [-0.2, -0.15) is 13.2 Å². The number of rotatable bonds is 3. The number of halogens is 4. The molecule has 138 valence electrons. The predicted octanol–water partition coefficient (Wildman–Crippen LogP) is 4.44. The standard InChI is InChI=1S/C20H13F4NO2/c1-25-10-16(12-4-3-7-15(21)9-12)19(27)17(11-25)18(26)13-5-2-6-14(8-13)20(22,23)24/h2-11H,1H3. The van der Waals surface area contributed by atoms with Crippen LogP contribution in [0.4, 0.5) is 17.6 Å². The predicted molar refractivity (Wildman–Crippen MR) is 92.0 cm³/mol. The molecule has 0 unspecified atom stereocenters. The van der Waals surface area contributed by atoms with Gasteiger partial charge in [0.2, 0.25) is 5.43 Å². The lowest BCUT2D eigenvalue weighted by Crippen LogP contribution is -2.20. The number of benzene rings is 2. The van der Waals surface area contributed by atoms with Gasteiger partial charge in [0, 0.05) is 30.6 Å². The van der Waals surface area contributed by atoms with Crippen molar-refractivity contribution in [3.05, 3.63) is 93.7 Å². The quantitative estimate of drug-likeness (QED) is 0.502. The molecule has 0 spiro atoms. The van der Waals surface area contributed by atoms with Crippen LogP contribution in [0.5, 0.6) is 0 Å². The zero-order chi connectivity index (χ0) is 19.8. The highest BCUT2D eigenvalue weighted by Crippen LogP contribution is 2.30. The van der Waals surface area contributed by atoms with Crippen LogP contribution in [0.3, 0.4) is 0 Å². The number of carbonyl (C=O) groups excluding carboxylic acids is 1. The van der Waals surface area contributed by atoms with Gasteiger partial charge in [0.1, 0.15) is 5.82 Å². The topological polar surface area (TPSA) is 39.1 Å². The Bertz CT molecular complexity index is 1080. The van der Waals surface area contributed by atoms with E-state index in [0.29, 0.717) is 6.07 Å². The van der Waals surface area contributed by atoms with Crippen LogP contribution in [-0.4, -0.2) is 10.4 Å². The molecule has 0 bridgehead atoms. The van der Waals surface area contributed by atoms with E-state index in [4.69, 9.17) is 0 Å². The van der Waals surface area contributed by atoms with Gasteiger partial charge in [-0.1, -0.05) is 24.3 Å². The molecule has 3 rings (SSSR count). The van der Waals surface area contributed by atoms with Crippen LogP contribution >= 0.6 is 0 Å². The molecule has 0 aliphatic rings. The summed E-state index contributed by atoms with van der Waals surface area (Å²) < 4.78 is 53.6. The molecule has 0 aliphatic heterocycles. The van der Waals surface area contributed by atoms with E-state index < -0.39 is 28.8 Å². The van der Waals surface area contributed by atoms with Gasteiger partial charge in [-0.25, -0.2) is 4.39 Å². The van der Waals surface area contributed by atoms with Gasteiger partial charge < -0.3 is 4.57 Å². The summed E-state index contributed by atoms with van der Waals surface area (Å²) in [5.74, 6) is -1.39. The zero-order valence-corrected chi connectivity index (χ0v) is 14.0. The number of aryl methyl sites for hydroxylation is 1. The normalized spacial score (nSPS) is 11.4. The molecule has 1 heterocycles. The highest BCUT2D eigenvalue weighted by Gasteiger charge is 2.31. The molecule has 3 aromatic rings. The monoisotopic (exact) mass is 375 g/mol. The molecule has 0 N–H and O–H groups in total. The average molecular weight is 375 g/mol. The minimum absolute atomic E-state index is 0.0785. The Morgan fingerprint density at radius 3 is 2.37 bits per heavy atom. The second-order valence-electron chi connectivity index (χ2n) is 6.00. The van der Waals surface area contributed by atoms with E-state index in [-0.39, 0.29) is 22.3 Å². The lowest BCUT2D eigenvalue weighted by molar-refractivity contribution is -0.137. The first-order chi connectivity index (χ1) is 12.7. The molecule has 7 heteroatoms. The summed E-state index contributed by atoms with van der Waals surface area (Å²) in [6.07, 6.45) is -1.93. The van der Waals surface area contributed by atoms with Crippen LogP contribution in [0.25, 0.3) is 11.1 Å². The van der Waals surface area contributed by atoms with Gasteiger partial charge in [0.15, 0.2) is 5.78 Å². The van der Waals surface area contributed by atoms with Crippen molar-refractivity contribution in [2.45, 2.75) is 6.18 Å². The first-order valence-electron chi connectivity index (χ1n) is 7.85. The Hall–Kier alpha value is -3.22. The second-order valence-corrected chi connectivity index (χ2v) is 6.00. The van der Waals surface area contributed by atoms with E-state index >= 15 is 0 Å². The number of aromatic nitrogens is 1. The molecule has 3 nitrogen and oxygen atoms in total. The summed E-state index contributed by atoms with van der Waals surface area (Å²) in [5, 5.41) is 0. The summed E-state index contributed by atoms with van der Waals surface area (Å²) in [4.78, 5) is 25.4. The number of hydrogen-bond acceptors (Lipinski definition) is 2. The van der Waals surface area contributed by atoms with Crippen molar-refractivity contribution in [2.24, 2.45) is 7.05 Å². The summed E-state index contributed by atoms with van der Waals surface area (Å²) in [5.41, 5.74) is -1.85. The van der Waals surface area contributed by atoms with Gasteiger partial charge in [-0.15, -0.1) is 0 Å². The number of nitrogens with zero attached hydrogens (tertiary/aromatic N) is 1. The second kappa shape index (κ2) is 6.83. The molecular formula is C20H13F4NO2. The van der Waals surface area contributed by atoms with Crippen molar-refractivity contribution in [3.63, 3.8) is 0 Å². The van der Waals surface area contributed by atoms with Crippen molar-refractivity contribution in [1.29, 1.82) is 0 Å². The molecule has 27 heavy (non-hydrogen) atoms. The molecule has 0 atom stereocenters. The largest absolute Gasteiger partial charge is 0.416 e. The maximum absolute atomic E-state index is 13.5. The Balaban J connectivity index is 2.13. The van der Waals surface area contributed by atoms with Crippen molar-refractivity contribution in [1.82, 2.24) is 4.57 Å². The van der Waals surface area contributed by atoms with Crippen molar-refractivity contribution >= 4 is 5.78 Å². The number of carbonyl (C=O) groups is 1. The lowest BCUT2D eigenvalue weighted by atomic mass is 9.98. The third kappa shape index (κ3) is 3.81. The van der Waals surface area contributed by atoms with Crippen LogP contribution < -0.4 is 5.43 Å². The average Bonchev–Trinajstić information content (AvgIpc) is 2.62. The fourth-order valence-electron chi connectivity index (χ4n) is 2.72. The summed E-state index contributed by atoms with van der Waals surface area (Å²) in [6.45, 7) is 0. The van der Waals surface area contributed by atoms with Gasteiger partial charge in [0.05, 0.1) is 11.1 Å². The highest BCUT2D eigenvalue weighted by atomic mass is 19.4. The first kappa shape index (κ1) is 18.6. The van der Waals surface area contributed by atoms with Crippen molar-refractivity contribution in [2.75, 3.05) is 0 Å². The first-order valence-corrected chi connectivity index (χ1v) is 7.85. The minimum atomic E-state index is -4.61. The number of alkyl halides is 3. The molecule has 0 fully saturated rings. The summed E-state index contributed by atoms with van der Waals surface area (Å²) in [6, 6.07) is 9.17. The Labute approximate surface area is 151 Å². The lowest BCUT2D eigenvalue weighted by Gasteiger charge is -2.10. The smallest absolute Gasteiger partial charge is 0.356 e. The Kier molecular flexibility index (Phi) is 4.70. The maximum atomic E-state index is 13.5. The summed E-state index contributed by atoms with van der Waals surface area (Å²) >= 11 is 0. The van der Waals surface area contributed by atoms with Gasteiger partial charge in [-0.3, -0.25) is 9.59 Å². The number of ketones is 1. The van der Waals surface area contributed by atoms with Crippen molar-refractivity contribution < 1.29 is 22.4 Å². The third-order valence-electron chi connectivity index (χ3n) is 3.99. The minimum Gasteiger partial charge on any atom is -0.356 e. The SMILES string of the molecule is Cn1cc(C(=O)c2cccc(C(F)(F)F)c2)c(=O)c(-c2cccc(F)c2)c1. The van der Waals surface area contributed by atoms with E-state index in [2.05, 4.69) is 0 Å². The molecule has 0 saturated heterocycles. The van der Waals surface area contributed by atoms with Gasteiger partial charge >= 0.3 is 6.18 Å². The molecule has 0 amide bonds. The van der Waals surface area contributed by atoms with Crippen LogP contribution in [0.15, 0.2) is 65.7 Å². The van der Waals surface area contributed by atoms with E-state index in [9.17, 15) is 27.2 Å². The van der Waals surface area contributed by atoms with Gasteiger partial charge in [0.25, 0.3) is 0 Å². The third-order valence-corrected chi connectivity index (χ3v) is 3.99. The molecular weight excluding hydrogens is 362 g/mol. The molecule has 1 aromatic heterocycles. The zero-order valence-electron chi connectivity index (χ0n) is 14.0. The molecule has 0 saturated carbocycles. The summed E-state index contributed by atoms with van der Waals surface area (Å²) in [7, 11) is 1.56. The maximum Gasteiger partial charge on any atom is 0.416 e. The Morgan fingerprint density at radius 1 is 1.00 bits per heavy atom. The van der Waals surface area contributed by atoms with Crippen LogP contribution in [-0.2, 0) is 13.2 Å². The van der Waals surface area contributed by atoms with E-state index in [1.807, 2.05) is 0 Å². The highest BCUT2D eigenvalue weighted by molar-refractivity contribution is 6.09. The van der Waals surface area contributed by atoms with Crippen molar-refractivity contribution in [3.8, 4) is 11.1 Å². The van der Waals surface area contributed by atoms with Gasteiger partial charge in [-0.05, 0) is 29.8 Å². The Morgan fingerprint density at radius 2 is 1.70 bits per heavy atom.